The SMILES string of the molecule is O=C(C[N+]12CCC(CC1)[C@@H](OC(=O)[C@H](Nc1ccccc1)c1ccccc1)C2)c1sccc1Cl.O=C([O-])C(F)(F)F. The van der Waals surface area contributed by atoms with Gasteiger partial charge in [-0.25, -0.2) is 4.79 Å². The first-order chi connectivity index (χ1) is 19.5. The van der Waals surface area contributed by atoms with Crippen molar-refractivity contribution in [3.05, 3.63) is 87.6 Å². The van der Waals surface area contributed by atoms with Gasteiger partial charge < -0.3 is 24.4 Å². The Morgan fingerprint density at radius 2 is 1.61 bits per heavy atom. The van der Waals surface area contributed by atoms with Crippen molar-refractivity contribution < 1.29 is 41.9 Å². The highest BCUT2D eigenvalue weighted by Gasteiger charge is 2.49. The van der Waals surface area contributed by atoms with Crippen LogP contribution in [0, 0.1) is 5.92 Å². The summed E-state index contributed by atoms with van der Waals surface area (Å²) in [5.74, 6) is -2.86. The van der Waals surface area contributed by atoms with E-state index in [1.165, 1.54) is 11.3 Å². The Morgan fingerprint density at radius 3 is 2.15 bits per heavy atom. The van der Waals surface area contributed by atoms with Crippen molar-refractivity contribution in [3.63, 3.8) is 0 Å². The fourth-order valence-corrected chi connectivity index (χ4v) is 6.38. The van der Waals surface area contributed by atoms with E-state index < -0.39 is 18.2 Å². The molecule has 1 N–H and O–H groups in total. The summed E-state index contributed by atoms with van der Waals surface area (Å²) in [5.41, 5.74) is 1.73. The van der Waals surface area contributed by atoms with E-state index in [1.54, 1.807) is 6.07 Å². The number of aliphatic carboxylic acids is 1. The van der Waals surface area contributed by atoms with Gasteiger partial charge in [-0.2, -0.15) is 13.2 Å². The Bertz CT molecular complexity index is 1350. The Kier molecular flexibility index (Phi) is 9.72. The number of hydrogen-bond acceptors (Lipinski definition) is 7. The van der Waals surface area contributed by atoms with Gasteiger partial charge in [-0.05, 0) is 29.1 Å². The van der Waals surface area contributed by atoms with E-state index in [4.69, 9.17) is 26.2 Å². The number of quaternary nitrogens is 1. The number of piperidine rings is 3. The van der Waals surface area contributed by atoms with Crippen molar-refractivity contribution in [2.75, 3.05) is 31.5 Å². The quantitative estimate of drug-likeness (QED) is 0.222. The van der Waals surface area contributed by atoms with Crippen LogP contribution in [0.4, 0.5) is 18.9 Å². The lowest BCUT2D eigenvalue weighted by Crippen LogP contribution is -2.65. The molecule has 2 atom stereocenters. The number of carboxylic acid groups (broad SMARTS) is 1. The molecular formula is C29H28ClF3N2O5S. The second-order valence-electron chi connectivity index (χ2n) is 10.1. The normalized spacial score (nSPS) is 22.1. The first-order valence-corrected chi connectivity index (χ1v) is 14.2. The van der Waals surface area contributed by atoms with E-state index in [0.29, 0.717) is 33.4 Å². The van der Waals surface area contributed by atoms with Crippen LogP contribution in [-0.2, 0) is 14.3 Å². The largest absolute Gasteiger partial charge is 0.542 e. The summed E-state index contributed by atoms with van der Waals surface area (Å²) >= 11 is 7.61. The highest BCUT2D eigenvalue weighted by molar-refractivity contribution is 7.12. The number of nitrogens with one attached hydrogen (secondary N) is 1. The molecule has 2 aromatic carbocycles. The maximum Gasteiger partial charge on any atom is 0.430 e. The number of carbonyl (C=O) groups excluding carboxylic acids is 3. The molecule has 4 heterocycles. The number of para-hydroxylation sites is 1. The molecular weight excluding hydrogens is 581 g/mol. The summed E-state index contributed by atoms with van der Waals surface area (Å²) in [4.78, 5) is 35.9. The van der Waals surface area contributed by atoms with Crippen LogP contribution in [0.15, 0.2) is 72.1 Å². The van der Waals surface area contributed by atoms with Crippen molar-refractivity contribution in [3.8, 4) is 0 Å². The maximum atomic E-state index is 13.5. The van der Waals surface area contributed by atoms with E-state index in [0.717, 1.165) is 37.2 Å². The number of carboxylic acids is 1. The minimum atomic E-state index is -5.19. The highest BCUT2D eigenvalue weighted by atomic mass is 35.5. The second kappa shape index (κ2) is 13.1. The lowest BCUT2D eigenvalue weighted by atomic mass is 9.83. The summed E-state index contributed by atoms with van der Waals surface area (Å²) in [5, 5.41) is 14.5. The average molecular weight is 609 g/mol. The zero-order valence-electron chi connectivity index (χ0n) is 21.8. The van der Waals surface area contributed by atoms with Gasteiger partial charge in [0.05, 0.1) is 23.0 Å². The minimum Gasteiger partial charge on any atom is -0.542 e. The number of ketones is 1. The number of Topliss-reactive ketones (excluding diaryl/α,β-unsaturated/α-hetero) is 1. The Morgan fingerprint density at radius 1 is 1.02 bits per heavy atom. The number of fused-ring (bicyclic) bond motifs is 3. The van der Waals surface area contributed by atoms with Crippen molar-refractivity contribution in [2.24, 2.45) is 5.92 Å². The molecule has 0 aliphatic carbocycles. The molecule has 2 bridgehead atoms. The summed E-state index contributed by atoms with van der Waals surface area (Å²) < 4.78 is 38.4. The van der Waals surface area contributed by atoms with Gasteiger partial charge in [-0.1, -0.05) is 60.1 Å². The number of benzene rings is 2. The highest BCUT2D eigenvalue weighted by Crippen LogP contribution is 2.37. The van der Waals surface area contributed by atoms with Crippen molar-refractivity contribution >= 4 is 46.3 Å². The van der Waals surface area contributed by atoms with Crippen LogP contribution in [-0.4, -0.2) is 60.7 Å². The number of hydrogen-bond donors (Lipinski definition) is 1. The lowest BCUT2D eigenvalue weighted by Gasteiger charge is -2.51. The van der Waals surface area contributed by atoms with Gasteiger partial charge >= 0.3 is 12.1 Å². The molecule has 3 aliphatic rings. The number of carbonyl (C=O) groups is 3. The predicted molar refractivity (Wildman–Crippen MR) is 146 cm³/mol. The minimum absolute atomic E-state index is 0.0818. The van der Waals surface area contributed by atoms with Crippen LogP contribution in [0.1, 0.15) is 34.1 Å². The smallest absolute Gasteiger partial charge is 0.430 e. The van der Waals surface area contributed by atoms with Crippen LogP contribution < -0.4 is 10.4 Å². The summed E-state index contributed by atoms with van der Waals surface area (Å²) in [6.07, 6.45) is -3.46. The third-order valence-corrected chi connectivity index (χ3v) is 8.73. The van der Waals surface area contributed by atoms with Crippen LogP contribution >= 0.6 is 22.9 Å². The number of rotatable bonds is 8. The van der Waals surface area contributed by atoms with Crippen LogP contribution in [0.3, 0.4) is 0 Å². The molecule has 7 nitrogen and oxygen atoms in total. The zero-order valence-corrected chi connectivity index (χ0v) is 23.4. The summed E-state index contributed by atoms with van der Waals surface area (Å²) in [6.45, 7) is 2.97. The topological polar surface area (TPSA) is 95.5 Å². The van der Waals surface area contributed by atoms with Gasteiger partial charge in [0.25, 0.3) is 0 Å². The van der Waals surface area contributed by atoms with E-state index in [1.807, 2.05) is 66.0 Å². The lowest BCUT2D eigenvalue weighted by molar-refractivity contribution is -0.938. The third-order valence-electron chi connectivity index (χ3n) is 7.34. The Hall–Kier alpha value is -3.41. The first-order valence-electron chi connectivity index (χ1n) is 12.9. The molecule has 0 radical (unpaired) electrons. The zero-order chi connectivity index (χ0) is 29.6. The van der Waals surface area contributed by atoms with Gasteiger partial charge in [0.2, 0.25) is 5.78 Å². The monoisotopic (exact) mass is 608 g/mol. The molecule has 0 unspecified atom stereocenters. The number of nitrogens with zero attached hydrogens (tertiary/aromatic N) is 1. The number of esters is 1. The number of thiophene rings is 1. The van der Waals surface area contributed by atoms with Crippen molar-refractivity contribution in [1.29, 1.82) is 0 Å². The predicted octanol–water partition coefficient (Wildman–Crippen LogP) is 4.89. The van der Waals surface area contributed by atoms with Crippen LogP contribution in [0.5, 0.6) is 0 Å². The van der Waals surface area contributed by atoms with E-state index in [9.17, 15) is 22.8 Å². The molecule has 6 rings (SSSR count). The maximum absolute atomic E-state index is 13.5. The van der Waals surface area contributed by atoms with Gasteiger partial charge in [-0.15, -0.1) is 11.3 Å². The molecule has 1 aromatic heterocycles. The average Bonchev–Trinajstić information content (AvgIpc) is 3.39. The van der Waals surface area contributed by atoms with Crippen LogP contribution in [0.25, 0.3) is 0 Å². The first kappa shape index (κ1) is 30.5. The number of halogens is 4. The fourth-order valence-electron chi connectivity index (χ4n) is 5.29. The number of anilines is 1. The Balaban J connectivity index is 0.000000493. The Labute approximate surface area is 244 Å². The number of alkyl halides is 3. The van der Waals surface area contributed by atoms with Gasteiger partial charge in [0.15, 0.2) is 12.1 Å². The summed E-state index contributed by atoms with van der Waals surface area (Å²) in [6, 6.07) is 20.6. The van der Waals surface area contributed by atoms with Gasteiger partial charge in [0.1, 0.15) is 19.1 Å². The van der Waals surface area contributed by atoms with Crippen LogP contribution in [0.2, 0.25) is 5.02 Å². The molecule has 41 heavy (non-hydrogen) atoms. The molecule has 3 aliphatic heterocycles. The van der Waals surface area contributed by atoms with E-state index in [-0.39, 0.29) is 17.9 Å². The number of ether oxygens (including phenoxy) is 1. The molecule has 12 heteroatoms. The van der Waals surface area contributed by atoms with E-state index in [2.05, 4.69) is 5.32 Å². The van der Waals surface area contributed by atoms with E-state index >= 15 is 0 Å². The van der Waals surface area contributed by atoms with Crippen molar-refractivity contribution in [2.45, 2.75) is 31.2 Å². The van der Waals surface area contributed by atoms with Gasteiger partial charge in [0, 0.05) is 24.4 Å². The molecule has 3 aromatic rings. The van der Waals surface area contributed by atoms with Gasteiger partial charge in [-0.3, -0.25) is 4.79 Å². The molecule has 218 valence electrons. The molecule has 3 saturated heterocycles. The molecule has 0 amide bonds. The standard InChI is InChI=1S/C27H28ClN2O3S.C2HF3O2/c28-22-13-16-34-26(22)23(31)17-30-14-11-19(12-15-30)24(18-30)33-27(32)25(20-7-3-1-4-8-20)29-21-9-5-2-6-10-21;3-2(4,5)1(6)7/h1-10,13,16,19,24-25,29H,11-12,14-15,17-18H2;(H,6,7)/q+1;/p-1/t19?,24-,25+,30?;/m0./s1. The third kappa shape index (κ3) is 7.87. The van der Waals surface area contributed by atoms with Crippen molar-refractivity contribution in [1.82, 2.24) is 0 Å². The fraction of sp³-hybridized carbons (Fsp3) is 0.345. The molecule has 0 saturated carbocycles. The molecule has 0 spiro atoms. The second-order valence-corrected chi connectivity index (χ2v) is 11.4. The molecule has 3 fully saturated rings. The summed E-state index contributed by atoms with van der Waals surface area (Å²) in [7, 11) is 0.